The Bertz CT molecular complexity index is 372. The Morgan fingerprint density at radius 1 is 1.47 bits per heavy atom. The third-order valence-corrected chi connectivity index (χ3v) is 2.41. The summed E-state index contributed by atoms with van der Waals surface area (Å²) in [6.45, 7) is 0. The Morgan fingerprint density at radius 3 is 2.67 bits per heavy atom. The zero-order valence-corrected chi connectivity index (χ0v) is 9.44. The van der Waals surface area contributed by atoms with E-state index in [0.717, 1.165) is 16.7 Å². The Labute approximate surface area is 97.4 Å². The van der Waals surface area contributed by atoms with Gasteiger partial charge in [0, 0.05) is 22.9 Å². The molecule has 0 aliphatic carbocycles. The first-order valence-electron chi connectivity index (χ1n) is 4.28. The van der Waals surface area contributed by atoms with Crippen molar-refractivity contribution in [2.75, 3.05) is 11.2 Å². The van der Waals surface area contributed by atoms with Crippen LogP contribution in [-0.2, 0) is 4.79 Å². The van der Waals surface area contributed by atoms with E-state index in [4.69, 9.17) is 16.9 Å². The van der Waals surface area contributed by atoms with Gasteiger partial charge in [0.1, 0.15) is 5.40 Å². The highest BCUT2D eigenvalue weighted by atomic mass is 35.5. The molecule has 0 atom stereocenters. The molecule has 0 heterocycles. The van der Waals surface area contributed by atoms with E-state index in [0.29, 0.717) is 18.0 Å². The van der Waals surface area contributed by atoms with E-state index in [-0.39, 0.29) is 5.91 Å². The first-order valence-corrected chi connectivity index (χ1v) is 5.63. The smallest absolute Gasteiger partial charge is 0.225 e. The Morgan fingerprint density at radius 2 is 2.13 bits per heavy atom. The summed E-state index contributed by atoms with van der Waals surface area (Å²) in [5.74, 6) is 0.208. The van der Waals surface area contributed by atoms with Crippen molar-refractivity contribution >= 4 is 35.0 Å². The Kier molecular flexibility index (Phi) is 5.02. The van der Waals surface area contributed by atoms with Crippen LogP contribution in [0.15, 0.2) is 29.2 Å². The van der Waals surface area contributed by atoms with Crippen molar-refractivity contribution in [3.05, 3.63) is 24.3 Å². The van der Waals surface area contributed by atoms with Crippen LogP contribution in [0.3, 0.4) is 0 Å². The van der Waals surface area contributed by atoms with Gasteiger partial charge in [0.05, 0.1) is 0 Å². The predicted octanol–water partition coefficient (Wildman–Crippen LogP) is 2.83. The molecule has 0 aromatic heterocycles. The lowest BCUT2D eigenvalue weighted by Gasteiger charge is -2.03. The Balaban J connectivity index is 2.57. The molecule has 0 bridgehead atoms. The lowest BCUT2D eigenvalue weighted by molar-refractivity contribution is -0.115. The molecular formula is C10H9ClN2OS. The number of hydrogen-bond donors (Lipinski definition) is 1. The number of nitrogens with zero attached hydrogens (tertiary/aromatic N) is 1. The molecule has 0 unspecified atom stereocenters. The lowest BCUT2D eigenvalue weighted by Crippen LogP contribution is -2.11. The van der Waals surface area contributed by atoms with Gasteiger partial charge in [-0.1, -0.05) is 0 Å². The van der Waals surface area contributed by atoms with Gasteiger partial charge in [0.15, 0.2) is 0 Å². The number of anilines is 1. The van der Waals surface area contributed by atoms with E-state index < -0.39 is 0 Å². The van der Waals surface area contributed by atoms with Crippen LogP contribution >= 0.6 is 23.4 Å². The van der Waals surface area contributed by atoms with Crippen molar-refractivity contribution < 1.29 is 4.79 Å². The molecule has 78 valence electrons. The van der Waals surface area contributed by atoms with E-state index in [1.165, 1.54) is 0 Å². The number of rotatable bonds is 4. The molecule has 0 spiro atoms. The van der Waals surface area contributed by atoms with Crippen LogP contribution in [0, 0.1) is 10.7 Å². The number of hydrogen-bond acceptors (Lipinski definition) is 3. The fraction of sp³-hybridized carbons (Fsp3) is 0.200. The van der Waals surface area contributed by atoms with Gasteiger partial charge in [-0.15, -0.1) is 11.6 Å². The summed E-state index contributed by atoms with van der Waals surface area (Å²) in [4.78, 5) is 12.0. The molecule has 0 fully saturated rings. The Hall–Kier alpha value is -1.18. The van der Waals surface area contributed by atoms with Gasteiger partial charge >= 0.3 is 0 Å². The zero-order chi connectivity index (χ0) is 11.1. The number of carbonyl (C=O) groups excluding carboxylic acids is 1. The molecule has 3 nitrogen and oxygen atoms in total. The third kappa shape index (κ3) is 4.24. The molecule has 5 heteroatoms. The minimum atomic E-state index is -0.106. The lowest BCUT2D eigenvalue weighted by atomic mass is 10.3. The van der Waals surface area contributed by atoms with Gasteiger partial charge in [0.25, 0.3) is 0 Å². The van der Waals surface area contributed by atoms with Crippen LogP contribution in [0.1, 0.15) is 6.42 Å². The highest BCUT2D eigenvalue weighted by Gasteiger charge is 2.00. The minimum absolute atomic E-state index is 0.106. The van der Waals surface area contributed by atoms with Gasteiger partial charge in [0.2, 0.25) is 5.91 Å². The number of nitriles is 1. The highest BCUT2D eigenvalue weighted by Crippen LogP contribution is 2.18. The van der Waals surface area contributed by atoms with Crippen molar-refractivity contribution in [1.82, 2.24) is 0 Å². The summed E-state index contributed by atoms with van der Waals surface area (Å²) in [6.07, 6.45) is 0.302. The second kappa shape index (κ2) is 6.33. The molecule has 1 N–H and O–H groups in total. The number of halogens is 1. The van der Waals surface area contributed by atoms with E-state index in [9.17, 15) is 4.79 Å². The van der Waals surface area contributed by atoms with Crippen LogP contribution < -0.4 is 5.32 Å². The summed E-state index contributed by atoms with van der Waals surface area (Å²) in [7, 11) is 0. The van der Waals surface area contributed by atoms with Crippen molar-refractivity contribution in [2.45, 2.75) is 11.3 Å². The molecule has 1 amide bonds. The van der Waals surface area contributed by atoms with Crippen molar-refractivity contribution in [1.29, 1.82) is 5.26 Å². The van der Waals surface area contributed by atoms with Crippen LogP contribution in [0.5, 0.6) is 0 Å². The van der Waals surface area contributed by atoms with Crippen LogP contribution in [-0.4, -0.2) is 11.8 Å². The van der Waals surface area contributed by atoms with Gasteiger partial charge in [-0.05, 0) is 36.0 Å². The maximum atomic E-state index is 11.2. The first kappa shape index (κ1) is 11.9. The summed E-state index contributed by atoms with van der Waals surface area (Å²) in [6, 6.07) is 7.08. The topological polar surface area (TPSA) is 52.9 Å². The van der Waals surface area contributed by atoms with Crippen LogP contribution in [0.25, 0.3) is 0 Å². The van der Waals surface area contributed by atoms with E-state index in [2.05, 4.69) is 5.32 Å². The number of carbonyl (C=O) groups is 1. The maximum absolute atomic E-state index is 11.2. The molecule has 1 aromatic rings. The molecular weight excluding hydrogens is 232 g/mol. The maximum Gasteiger partial charge on any atom is 0.225 e. The van der Waals surface area contributed by atoms with E-state index in [1.807, 2.05) is 5.40 Å². The predicted molar refractivity (Wildman–Crippen MR) is 61.9 cm³/mol. The van der Waals surface area contributed by atoms with Crippen LogP contribution in [0.2, 0.25) is 0 Å². The second-order valence-electron chi connectivity index (χ2n) is 2.70. The van der Waals surface area contributed by atoms with Gasteiger partial charge in [-0.3, -0.25) is 4.79 Å². The summed E-state index contributed by atoms with van der Waals surface area (Å²) in [5, 5.41) is 13.1. The molecule has 0 aliphatic rings. The standard InChI is InChI=1S/C10H9ClN2OS/c11-6-5-10(14)13-8-1-3-9(4-2-8)15-7-12/h1-4H,5-6H2,(H,13,14). The normalized spacial score (nSPS) is 9.33. The molecule has 0 saturated carbocycles. The fourth-order valence-electron chi connectivity index (χ4n) is 0.968. The monoisotopic (exact) mass is 240 g/mol. The van der Waals surface area contributed by atoms with E-state index >= 15 is 0 Å². The number of thioether (sulfide) groups is 1. The molecule has 1 rings (SSSR count). The van der Waals surface area contributed by atoms with Crippen molar-refractivity contribution in [3.63, 3.8) is 0 Å². The number of thiocyanates is 1. The van der Waals surface area contributed by atoms with Gasteiger partial charge in [-0.25, -0.2) is 0 Å². The minimum Gasteiger partial charge on any atom is -0.326 e. The average molecular weight is 241 g/mol. The van der Waals surface area contributed by atoms with Gasteiger partial charge < -0.3 is 5.32 Å². The molecule has 0 saturated heterocycles. The molecule has 15 heavy (non-hydrogen) atoms. The third-order valence-electron chi connectivity index (χ3n) is 1.62. The number of benzene rings is 1. The summed E-state index contributed by atoms with van der Waals surface area (Å²) >= 11 is 6.51. The fourth-order valence-corrected chi connectivity index (χ4v) is 1.52. The van der Waals surface area contributed by atoms with Crippen molar-refractivity contribution in [3.8, 4) is 5.40 Å². The average Bonchev–Trinajstić information content (AvgIpc) is 2.22. The largest absolute Gasteiger partial charge is 0.326 e. The number of nitrogens with one attached hydrogen (secondary N) is 1. The second-order valence-corrected chi connectivity index (χ2v) is 3.94. The molecule has 1 aromatic carbocycles. The SMILES string of the molecule is N#CSc1ccc(NC(=O)CCCl)cc1. The van der Waals surface area contributed by atoms with E-state index in [1.54, 1.807) is 24.3 Å². The number of alkyl halides is 1. The number of amides is 1. The summed E-state index contributed by atoms with van der Waals surface area (Å²) < 4.78 is 0. The quantitative estimate of drug-likeness (QED) is 0.500. The summed E-state index contributed by atoms with van der Waals surface area (Å²) in [5.41, 5.74) is 0.715. The van der Waals surface area contributed by atoms with Crippen LogP contribution in [0.4, 0.5) is 5.69 Å². The molecule has 0 radical (unpaired) electrons. The van der Waals surface area contributed by atoms with Gasteiger partial charge in [-0.2, -0.15) is 5.26 Å². The highest BCUT2D eigenvalue weighted by molar-refractivity contribution is 8.03. The first-order chi connectivity index (χ1) is 7.26. The zero-order valence-electron chi connectivity index (χ0n) is 7.87. The molecule has 0 aliphatic heterocycles. The van der Waals surface area contributed by atoms with Crippen molar-refractivity contribution in [2.24, 2.45) is 0 Å².